The van der Waals surface area contributed by atoms with E-state index in [1.54, 1.807) is 18.3 Å². The number of anilines is 1. The van der Waals surface area contributed by atoms with E-state index >= 15 is 0 Å². The fourth-order valence-electron chi connectivity index (χ4n) is 5.09. The predicted octanol–water partition coefficient (Wildman–Crippen LogP) is 3.51. The van der Waals surface area contributed by atoms with Crippen LogP contribution in [0.15, 0.2) is 18.3 Å². The number of aromatic nitrogens is 3. The molecule has 8 heteroatoms. The van der Waals surface area contributed by atoms with Gasteiger partial charge in [0, 0.05) is 37.0 Å². The number of fused-ring (bicyclic) bond motifs is 1. The summed E-state index contributed by atoms with van der Waals surface area (Å²) >= 11 is 0. The number of rotatable bonds is 11. The minimum atomic E-state index is -0.857. The number of aliphatic hydroxyl groups excluding tert-OH is 1. The van der Waals surface area contributed by atoms with Crippen LogP contribution in [0.3, 0.4) is 0 Å². The predicted molar refractivity (Wildman–Crippen MR) is 135 cm³/mol. The number of carbonyl (C=O) groups is 1. The molecule has 1 saturated carbocycles. The van der Waals surface area contributed by atoms with Gasteiger partial charge < -0.3 is 19.8 Å². The first-order valence-corrected chi connectivity index (χ1v) is 12.9. The zero-order valence-electron chi connectivity index (χ0n) is 21.2. The Morgan fingerprint density at radius 3 is 2.71 bits per heavy atom. The molecule has 4 rings (SSSR count). The van der Waals surface area contributed by atoms with Crippen molar-refractivity contribution in [2.75, 3.05) is 25.1 Å². The lowest BCUT2D eigenvalue weighted by Crippen LogP contribution is -2.34. The average molecular weight is 483 g/mol. The fourth-order valence-corrected chi connectivity index (χ4v) is 5.09. The summed E-state index contributed by atoms with van der Waals surface area (Å²) in [5.74, 6) is 2.10. The second-order valence-electron chi connectivity index (χ2n) is 10.1. The molecule has 0 saturated heterocycles. The second kappa shape index (κ2) is 11.0. The van der Waals surface area contributed by atoms with Gasteiger partial charge >= 0.3 is 0 Å². The molecule has 0 spiro atoms. The molecule has 35 heavy (non-hydrogen) atoms. The van der Waals surface area contributed by atoms with Gasteiger partial charge in [0.25, 0.3) is 0 Å². The molecule has 0 unspecified atom stereocenters. The highest BCUT2D eigenvalue weighted by molar-refractivity contribution is 5.83. The van der Waals surface area contributed by atoms with E-state index < -0.39 is 5.60 Å². The molecule has 0 radical (unpaired) electrons. The summed E-state index contributed by atoms with van der Waals surface area (Å²) < 4.78 is 5.89. The standard InChI is InChI=1S/C27H38N4O4/c1-4-27(34,5-2)17-35-20-12-13-28-23(15-20)25-29-22-10-7-9-21(22)26(30-25)31(3)16-19(32)14-18-8-6-11-24(18)33/h12-13,15,18,24,33-34H,4-11,14,16-17H2,1-3H3/t18-,24-/m0/s1. The van der Waals surface area contributed by atoms with E-state index in [1.807, 2.05) is 25.8 Å². The number of aryl methyl sites for hydroxylation is 1. The minimum absolute atomic E-state index is 0.0765. The topological polar surface area (TPSA) is 109 Å². The maximum Gasteiger partial charge on any atom is 0.180 e. The molecule has 0 bridgehead atoms. The normalized spacial score (nSPS) is 19.6. The summed E-state index contributed by atoms with van der Waals surface area (Å²) in [6.07, 6.45) is 8.44. The number of nitrogens with zero attached hydrogens (tertiary/aromatic N) is 4. The minimum Gasteiger partial charge on any atom is -0.490 e. The lowest BCUT2D eigenvalue weighted by molar-refractivity contribution is -0.119. The Bertz CT molecular complexity index is 1040. The van der Waals surface area contributed by atoms with Crippen molar-refractivity contribution in [3.63, 3.8) is 0 Å². The van der Waals surface area contributed by atoms with Gasteiger partial charge in [0.05, 0.1) is 18.2 Å². The summed E-state index contributed by atoms with van der Waals surface area (Å²) in [7, 11) is 1.90. The molecule has 8 nitrogen and oxygen atoms in total. The number of pyridine rings is 1. The molecule has 2 atom stereocenters. The summed E-state index contributed by atoms with van der Waals surface area (Å²) in [5.41, 5.74) is 1.86. The van der Waals surface area contributed by atoms with Crippen molar-refractivity contribution in [1.82, 2.24) is 15.0 Å². The van der Waals surface area contributed by atoms with Crippen LogP contribution >= 0.6 is 0 Å². The number of ether oxygens (including phenoxy) is 1. The molecular weight excluding hydrogens is 444 g/mol. The molecule has 0 aromatic carbocycles. The molecule has 2 aromatic heterocycles. The molecule has 1 fully saturated rings. The van der Waals surface area contributed by atoms with Crippen molar-refractivity contribution in [3.8, 4) is 17.3 Å². The number of ketones is 1. The van der Waals surface area contributed by atoms with Crippen LogP contribution in [0.1, 0.15) is 70.1 Å². The van der Waals surface area contributed by atoms with E-state index in [9.17, 15) is 15.0 Å². The highest BCUT2D eigenvalue weighted by Crippen LogP contribution is 2.32. The van der Waals surface area contributed by atoms with Crippen LogP contribution in [0, 0.1) is 5.92 Å². The second-order valence-corrected chi connectivity index (χ2v) is 10.1. The van der Waals surface area contributed by atoms with E-state index in [4.69, 9.17) is 14.7 Å². The van der Waals surface area contributed by atoms with Gasteiger partial charge in [0.15, 0.2) is 11.6 Å². The molecule has 2 N–H and O–H groups in total. The van der Waals surface area contributed by atoms with E-state index in [2.05, 4.69) is 4.98 Å². The van der Waals surface area contributed by atoms with Gasteiger partial charge in [0.2, 0.25) is 0 Å². The lowest BCUT2D eigenvalue weighted by atomic mass is 9.99. The number of hydrogen-bond donors (Lipinski definition) is 2. The largest absolute Gasteiger partial charge is 0.490 e. The van der Waals surface area contributed by atoms with Gasteiger partial charge in [-0.15, -0.1) is 0 Å². The first kappa shape index (κ1) is 25.5. The first-order valence-electron chi connectivity index (χ1n) is 12.9. The molecular formula is C27H38N4O4. The van der Waals surface area contributed by atoms with Crippen LogP contribution in [-0.2, 0) is 17.6 Å². The molecule has 0 aliphatic heterocycles. The Labute approximate surface area is 207 Å². The van der Waals surface area contributed by atoms with Gasteiger partial charge in [-0.05, 0) is 56.9 Å². The number of carbonyl (C=O) groups excluding carboxylic acids is 1. The van der Waals surface area contributed by atoms with Crippen molar-refractivity contribution in [1.29, 1.82) is 0 Å². The zero-order chi connectivity index (χ0) is 25.0. The van der Waals surface area contributed by atoms with E-state index in [-0.39, 0.29) is 31.0 Å². The number of hydrogen-bond acceptors (Lipinski definition) is 8. The van der Waals surface area contributed by atoms with Crippen LogP contribution in [0.5, 0.6) is 5.75 Å². The number of likely N-dealkylation sites (N-methyl/N-ethyl adjacent to an activating group) is 1. The van der Waals surface area contributed by atoms with Crippen molar-refractivity contribution in [2.45, 2.75) is 83.3 Å². The third-order valence-corrected chi connectivity index (χ3v) is 7.58. The van der Waals surface area contributed by atoms with E-state index in [0.717, 1.165) is 55.6 Å². The smallest absolute Gasteiger partial charge is 0.180 e. The monoisotopic (exact) mass is 482 g/mol. The maximum atomic E-state index is 12.8. The van der Waals surface area contributed by atoms with Crippen molar-refractivity contribution < 1.29 is 19.7 Å². The van der Waals surface area contributed by atoms with Gasteiger partial charge in [-0.25, -0.2) is 9.97 Å². The molecule has 2 aliphatic rings. The van der Waals surface area contributed by atoms with Gasteiger partial charge in [-0.2, -0.15) is 0 Å². The number of Topliss-reactive ketones (excluding diaryl/α,β-unsaturated/α-hetero) is 1. The van der Waals surface area contributed by atoms with Crippen LogP contribution in [0.4, 0.5) is 5.82 Å². The Balaban J connectivity index is 1.53. The summed E-state index contributed by atoms with van der Waals surface area (Å²) in [6.45, 7) is 4.36. The van der Waals surface area contributed by atoms with Crippen molar-refractivity contribution in [3.05, 3.63) is 29.6 Å². The van der Waals surface area contributed by atoms with Crippen LogP contribution < -0.4 is 9.64 Å². The van der Waals surface area contributed by atoms with E-state index in [0.29, 0.717) is 36.5 Å². The highest BCUT2D eigenvalue weighted by atomic mass is 16.5. The zero-order valence-corrected chi connectivity index (χ0v) is 21.2. The third-order valence-electron chi connectivity index (χ3n) is 7.58. The van der Waals surface area contributed by atoms with Crippen LogP contribution in [0.2, 0.25) is 0 Å². The molecule has 190 valence electrons. The average Bonchev–Trinajstić information content (AvgIpc) is 3.50. The SMILES string of the molecule is CCC(O)(CC)COc1ccnc(-c2nc3c(c(N(C)CC(=O)C[C@@H]4CCC[C@@H]4O)n2)CCC3)c1. The van der Waals surface area contributed by atoms with Crippen LogP contribution in [0.25, 0.3) is 11.5 Å². The molecule has 2 aliphatic carbocycles. The third kappa shape index (κ3) is 5.98. The lowest BCUT2D eigenvalue weighted by Gasteiger charge is -2.25. The summed E-state index contributed by atoms with van der Waals surface area (Å²) in [4.78, 5) is 28.8. The van der Waals surface area contributed by atoms with Gasteiger partial charge in [-0.3, -0.25) is 9.78 Å². The Hall–Kier alpha value is -2.58. The van der Waals surface area contributed by atoms with Gasteiger partial charge in [-0.1, -0.05) is 20.3 Å². The molecule has 2 heterocycles. The van der Waals surface area contributed by atoms with Crippen molar-refractivity contribution >= 4 is 11.6 Å². The molecule has 2 aromatic rings. The highest BCUT2D eigenvalue weighted by Gasteiger charge is 2.29. The fraction of sp³-hybridized carbons (Fsp3) is 0.630. The summed E-state index contributed by atoms with van der Waals surface area (Å²) in [6, 6.07) is 3.57. The summed E-state index contributed by atoms with van der Waals surface area (Å²) in [5, 5.41) is 20.6. The Morgan fingerprint density at radius 2 is 2.00 bits per heavy atom. The molecule has 0 amide bonds. The number of aliphatic hydroxyl groups is 2. The Morgan fingerprint density at radius 1 is 1.20 bits per heavy atom. The quantitative estimate of drug-likeness (QED) is 0.501. The van der Waals surface area contributed by atoms with Gasteiger partial charge in [0.1, 0.15) is 23.9 Å². The maximum absolute atomic E-state index is 12.8. The van der Waals surface area contributed by atoms with Crippen molar-refractivity contribution in [2.24, 2.45) is 5.92 Å². The first-order chi connectivity index (χ1) is 16.8. The Kier molecular flexibility index (Phi) is 8.02. The van der Waals surface area contributed by atoms with Crippen LogP contribution in [-0.4, -0.2) is 62.9 Å². The van der Waals surface area contributed by atoms with E-state index in [1.165, 1.54) is 0 Å².